The lowest BCUT2D eigenvalue weighted by atomic mass is 9.71. The third-order valence-electron chi connectivity index (χ3n) is 8.53. The molecule has 4 unspecified atom stereocenters. The summed E-state index contributed by atoms with van der Waals surface area (Å²) in [6.45, 7) is -0.213. The van der Waals surface area contributed by atoms with Gasteiger partial charge in [0.2, 0.25) is 15.9 Å². The molecule has 0 aromatic heterocycles. The molecule has 0 saturated carbocycles. The third-order valence-corrected chi connectivity index (χ3v) is 10.5. The molecule has 0 spiro atoms. The van der Waals surface area contributed by atoms with E-state index in [0.29, 0.717) is 25.1 Å². The number of anilines is 1. The molecule has 10 nitrogen and oxygen atoms in total. The topological polar surface area (TPSA) is 137 Å². The van der Waals surface area contributed by atoms with Crippen LogP contribution in [0.5, 0.6) is 0 Å². The summed E-state index contributed by atoms with van der Waals surface area (Å²) in [5.74, 6) is -1.97. The molecule has 2 saturated heterocycles. The summed E-state index contributed by atoms with van der Waals surface area (Å²) in [6, 6.07) is 7.30. The monoisotopic (exact) mass is 640 g/mol. The number of benzene rings is 2. The number of piperazine rings is 1. The molecule has 0 radical (unpaired) electrons. The Morgan fingerprint density at radius 2 is 1.95 bits per heavy atom. The van der Waals surface area contributed by atoms with Crippen LogP contribution in [0.3, 0.4) is 0 Å². The number of halogens is 3. The molecule has 2 fully saturated rings. The number of nitrogens with zero attached hydrogens (tertiary/aromatic N) is 1. The quantitative estimate of drug-likeness (QED) is 0.263. The summed E-state index contributed by atoms with van der Waals surface area (Å²) in [4.78, 5) is 25.9. The van der Waals surface area contributed by atoms with Gasteiger partial charge in [-0.1, -0.05) is 18.2 Å². The minimum absolute atomic E-state index is 0.0304. The van der Waals surface area contributed by atoms with Crippen LogP contribution in [0.2, 0.25) is 0 Å². The molecule has 242 valence electrons. The minimum atomic E-state index is -3.46. The summed E-state index contributed by atoms with van der Waals surface area (Å²) in [7, 11) is -2.11. The molecule has 0 aliphatic carbocycles. The Kier molecular flexibility index (Phi) is 11.3. The van der Waals surface area contributed by atoms with E-state index in [1.165, 1.54) is 41.7 Å². The van der Waals surface area contributed by atoms with Crippen LogP contribution < -0.4 is 16.0 Å². The van der Waals surface area contributed by atoms with Crippen molar-refractivity contribution in [1.82, 2.24) is 14.9 Å². The number of hydrogen-bond donors (Lipinski definition) is 4. The molecule has 44 heavy (non-hydrogen) atoms. The Morgan fingerprint density at radius 1 is 1.20 bits per heavy atom. The number of amides is 2. The largest absolute Gasteiger partial charge is 0.465 e. The molecule has 2 heterocycles. The number of carboxylic acid groups (broad SMARTS) is 1. The van der Waals surface area contributed by atoms with Crippen molar-refractivity contribution in [1.29, 1.82) is 0 Å². The average molecular weight is 641 g/mol. The van der Waals surface area contributed by atoms with Gasteiger partial charge in [0.15, 0.2) is 0 Å². The zero-order chi connectivity index (χ0) is 31.9. The van der Waals surface area contributed by atoms with Gasteiger partial charge in [0, 0.05) is 48.9 Å². The molecular weight excluding hydrogens is 601 g/mol. The highest BCUT2D eigenvalue weighted by molar-refractivity contribution is 7.89. The lowest BCUT2D eigenvalue weighted by molar-refractivity contribution is -0.120. The first-order valence-corrected chi connectivity index (χ1v) is 16.2. The van der Waals surface area contributed by atoms with Gasteiger partial charge in [-0.05, 0) is 68.4 Å². The van der Waals surface area contributed by atoms with E-state index in [1.54, 1.807) is 0 Å². The fraction of sp³-hybridized carbons (Fsp3) is 0.533. The first kappa shape index (κ1) is 33.7. The van der Waals surface area contributed by atoms with Crippen LogP contribution in [0.25, 0.3) is 0 Å². The van der Waals surface area contributed by atoms with Gasteiger partial charge in [-0.3, -0.25) is 9.18 Å². The second-order valence-electron chi connectivity index (χ2n) is 11.4. The van der Waals surface area contributed by atoms with Crippen molar-refractivity contribution in [3.05, 3.63) is 65.2 Å². The van der Waals surface area contributed by atoms with Gasteiger partial charge >= 0.3 is 6.09 Å². The number of rotatable bonds is 13. The predicted octanol–water partition coefficient (Wildman–Crippen LogP) is 3.57. The van der Waals surface area contributed by atoms with Gasteiger partial charge in [0.25, 0.3) is 0 Å². The van der Waals surface area contributed by atoms with Crippen LogP contribution in [-0.4, -0.2) is 87.2 Å². The van der Waals surface area contributed by atoms with E-state index < -0.39 is 57.8 Å². The Morgan fingerprint density at radius 3 is 2.64 bits per heavy atom. The summed E-state index contributed by atoms with van der Waals surface area (Å²) in [5, 5.41) is 18.0. The van der Waals surface area contributed by atoms with E-state index in [2.05, 4.69) is 16.0 Å². The molecule has 2 amide bonds. The Labute approximate surface area is 255 Å². The van der Waals surface area contributed by atoms with Crippen molar-refractivity contribution in [3.63, 3.8) is 0 Å². The highest BCUT2D eigenvalue weighted by Crippen LogP contribution is 2.36. The van der Waals surface area contributed by atoms with Crippen LogP contribution in [0.1, 0.15) is 43.2 Å². The second kappa shape index (κ2) is 14.7. The SMILES string of the molecule is COCC(CCCF)(c1ccc(F)cc1)C(NC(=O)O)C(=O)Nc1cccc(F)c1CC[C@H]1CNC2CCCS(=O)(=O)N1C2. The zero-order valence-electron chi connectivity index (χ0n) is 24.5. The number of methoxy groups -OCH3 is 1. The van der Waals surface area contributed by atoms with E-state index in [-0.39, 0.29) is 55.3 Å². The molecule has 2 aromatic rings. The minimum Gasteiger partial charge on any atom is -0.465 e. The van der Waals surface area contributed by atoms with Crippen molar-refractivity contribution in [2.45, 2.75) is 62.1 Å². The van der Waals surface area contributed by atoms with Gasteiger partial charge in [0.1, 0.15) is 17.7 Å². The molecule has 2 bridgehead atoms. The lowest BCUT2D eigenvalue weighted by Crippen LogP contribution is -2.58. The molecule has 2 aliphatic heterocycles. The van der Waals surface area contributed by atoms with Crippen molar-refractivity contribution in [2.75, 3.05) is 44.6 Å². The number of hydrogen-bond acceptors (Lipinski definition) is 6. The zero-order valence-corrected chi connectivity index (χ0v) is 25.3. The fourth-order valence-electron chi connectivity index (χ4n) is 6.38. The van der Waals surface area contributed by atoms with Crippen LogP contribution in [0, 0.1) is 11.6 Å². The number of sulfonamides is 1. The molecular formula is C30H39F3N4O6S. The Balaban J connectivity index is 1.64. The van der Waals surface area contributed by atoms with Gasteiger partial charge in [-0.25, -0.2) is 22.0 Å². The molecule has 4 rings (SSSR count). The van der Waals surface area contributed by atoms with Crippen LogP contribution in [0.15, 0.2) is 42.5 Å². The van der Waals surface area contributed by atoms with E-state index in [1.807, 2.05) is 0 Å². The van der Waals surface area contributed by atoms with Gasteiger partial charge < -0.3 is 25.8 Å². The van der Waals surface area contributed by atoms with Crippen LogP contribution >= 0.6 is 0 Å². The second-order valence-corrected chi connectivity index (χ2v) is 13.4. The smallest absolute Gasteiger partial charge is 0.405 e. The fourth-order valence-corrected chi connectivity index (χ4v) is 8.19. The average Bonchev–Trinajstić information content (AvgIpc) is 3.10. The highest BCUT2D eigenvalue weighted by atomic mass is 32.2. The summed E-state index contributed by atoms with van der Waals surface area (Å²) < 4.78 is 75.3. The van der Waals surface area contributed by atoms with Gasteiger partial charge in [-0.2, -0.15) is 4.31 Å². The first-order chi connectivity index (χ1) is 21.0. The van der Waals surface area contributed by atoms with Crippen molar-refractivity contribution < 1.29 is 41.0 Å². The number of carbonyl (C=O) groups excluding carboxylic acids is 1. The maximum Gasteiger partial charge on any atom is 0.405 e. The summed E-state index contributed by atoms with van der Waals surface area (Å²) in [6.07, 6.45) is 0.0701. The van der Waals surface area contributed by atoms with Crippen molar-refractivity contribution >= 4 is 27.7 Å². The van der Waals surface area contributed by atoms with E-state index in [4.69, 9.17) is 4.74 Å². The Hall–Kier alpha value is -3.20. The molecule has 2 aliphatic rings. The van der Waals surface area contributed by atoms with Crippen LogP contribution in [0.4, 0.5) is 23.7 Å². The first-order valence-electron chi connectivity index (χ1n) is 14.6. The van der Waals surface area contributed by atoms with Gasteiger partial charge in [0.05, 0.1) is 19.0 Å². The lowest BCUT2D eigenvalue weighted by Gasteiger charge is -2.40. The van der Waals surface area contributed by atoms with Gasteiger partial charge in [-0.15, -0.1) is 0 Å². The highest BCUT2D eigenvalue weighted by Gasteiger charge is 2.46. The number of carbonyl (C=O) groups is 2. The summed E-state index contributed by atoms with van der Waals surface area (Å²) >= 11 is 0. The maximum absolute atomic E-state index is 15.3. The molecule has 5 atom stereocenters. The predicted molar refractivity (Wildman–Crippen MR) is 159 cm³/mol. The molecule has 2 aromatic carbocycles. The number of alkyl halides is 1. The van der Waals surface area contributed by atoms with Crippen LogP contribution in [-0.2, 0) is 31.4 Å². The standard InChI is InChI=1S/C30H39F3N4O6S/c1-43-19-30(14-4-15-31,20-8-10-21(32)11-9-20)27(36-29(39)40)28(38)35-26-7-2-6-25(33)24(26)13-12-23-17-34-22-5-3-16-44(41,42)37(23)18-22/h2,6-11,22-23,27,34,36H,3-5,12-19H2,1H3,(H,35,38)(H,39,40)/t22?,23-,27?,30?/m0/s1. The normalized spacial score (nSPS) is 23.1. The number of fused-ring (bicyclic) bond motifs is 2. The third kappa shape index (κ3) is 7.71. The van der Waals surface area contributed by atoms with Crippen molar-refractivity contribution in [3.8, 4) is 0 Å². The number of ether oxygens (including phenoxy) is 1. The Bertz CT molecular complexity index is 1410. The molecule has 4 N–H and O–H groups in total. The van der Waals surface area contributed by atoms with E-state index >= 15 is 4.39 Å². The maximum atomic E-state index is 15.3. The van der Waals surface area contributed by atoms with E-state index in [0.717, 1.165) is 18.6 Å². The molecule has 14 heteroatoms. The number of nitrogens with one attached hydrogen (secondary N) is 3. The van der Waals surface area contributed by atoms with E-state index in [9.17, 15) is 31.9 Å². The summed E-state index contributed by atoms with van der Waals surface area (Å²) in [5.41, 5.74) is -0.879. The van der Waals surface area contributed by atoms with Crippen molar-refractivity contribution in [2.24, 2.45) is 0 Å².